The van der Waals surface area contributed by atoms with Crippen molar-refractivity contribution in [2.75, 3.05) is 6.54 Å². The molecule has 2 rings (SSSR count). The summed E-state index contributed by atoms with van der Waals surface area (Å²) < 4.78 is 18.7. The quantitative estimate of drug-likeness (QED) is 0.797. The van der Waals surface area contributed by atoms with Crippen molar-refractivity contribution < 1.29 is 18.7 Å². The molecule has 27 heavy (non-hydrogen) atoms. The first kappa shape index (κ1) is 21.2. The molecule has 0 aliphatic carbocycles. The van der Waals surface area contributed by atoms with Crippen LogP contribution in [0.25, 0.3) is 0 Å². The summed E-state index contributed by atoms with van der Waals surface area (Å²) >= 11 is 0. The van der Waals surface area contributed by atoms with Crippen molar-refractivity contribution in [3.63, 3.8) is 0 Å². The lowest BCUT2D eigenvalue weighted by Crippen LogP contribution is -2.41. The Balaban J connectivity index is 1.95. The summed E-state index contributed by atoms with van der Waals surface area (Å²) in [7, 11) is 0. The predicted molar refractivity (Wildman–Crippen MR) is 101 cm³/mol. The van der Waals surface area contributed by atoms with Crippen LogP contribution in [0.15, 0.2) is 24.3 Å². The van der Waals surface area contributed by atoms with E-state index in [1.807, 2.05) is 19.9 Å². The molecule has 1 aromatic carbocycles. The minimum absolute atomic E-state index is 0.0380. The summed E-state index contributed by atoms with van der Waals surface area (Å²) in [6.45, 7) is 10.1. The molecule has 0 radical (unpaired) electrons. The van der Waals surface area contributed by atoms with Crippen molar-refractivity contribution in [3.05, 3.63) is 35.6 Å². The van der Waals surface area contributed by atoms with Crippen molar-refractivity contribution >= 4 is 12.0 Å². The molecule has 0 bridgehead atoms. The van der Waals surface area contributed by atoms with E-state index in [0.29, 0.717) is 19.5 Å². The van der Waals surface area contributed by atoms with E-state index in [0.717, 1.165) is 5.56 Å². The number of halogens is 1. The van der Waals surface area contributed by atoms with Crippen molar-refractivity contribution in [1.29, 1.82) is 0 Å². The van der Waals surface area contributed by atoms with E-state index in [2.05, 4.69) is 10.6 Å². The van der Waals surface area contributed by atoms with Gasteiger partial charge in [-0.05, 0) is 50.8 Å². The van der Waals surface area contributed by atoms with E-state index in [4.69, 9.17) is 4.74 Å². The summed E-state index contributed by atoms with van der Waals surface area (Å²) in [5.41, 5.74) is 0.194. The molecule has 7 heteroatoms. The Morgan fingerprint density at radius 2 is 2.07 bits per heavy atom. The second-order valence-electron chi connectivity index (χ2n) is 8.22. The molecule has 0 aromatic heterocycles. The minimum Gasteiger partial charge on any atom is -0.444 e. The van der Waals surface area contributed by atoms with Gasteiger partial charge in [0.1, 0.15) is 11.4 Å². The molecule has 1 saturated heterocycles. The highest BCUT2D eigenvalue weighted by atomic mass is 19.1. The summed E-state index contributed by atoms with van der Waals surface area (Å²) in [6.07, 6.45) is -0.168. The highest BCUT2D eigenvalue weighted by Gasteiger charge is 2.39. The zero-order valence-corrected chi connectivity index (χ0v) is 16.7. The van der Waals surface area contributed by atoms with Gasteiger partial charge >= 0.3 is 6.09 Å². The number of rotatable bonds is 6. The number of nitrogens with zero attached hydrogens (tertiary/aromatic N) is 1. The molecule has 1 heterocycles. The Kier molecular flexibility index (Phi) is 6.81. The molecular formula is C20H30FN3O3. The van der Waals surface area contributed by atoms with Crippen molar-refractivity contribution in [2.24, 2.45) is 5.92 Å². The second kappa shape index (κ2) is 8.69. The number of carbonyl (C=O) groups excluding carboxylic acids is 2. The maximum absolute atomic E-state index is 13.5. The average Bonchev–Trinajstić information content (AvgIpc) is 2.83. The number of alkyl carbamates (subject to hydrolysis) is 1. The number of nitrogens with one attached hydrogen (secondary N) is 2. The van der Waals surface area contributed by atoms with Crippen LogP contribution in [0, 0.1) is 11.7 Å². The van der Waals surface area contributed by atoms with Crippen LogP contribution in [0.3, 0.4) is 0 Å². The van der Waals surface area contributed by atoms with E-state index in [1.54, 1.807) is 31.7 Å². The highest BCUT2D eigenvalue weighted by Crippen LogP contribution is 2.22. The second-order valence-corrected chi connectivity index (χ2v) is 8.22. The Labute approximate surface area is 160 Å². The van der Waals surface area contributed by atoms with E-state index >= 15 is 0 Å². The van der Waals surface area contributed by atoms with Crippen LogP contribution in [-0.2, 0) is 16.1 Å². The lowest BCUT2D eigenvalue weighted by Gasteiger charge is -2.27. The summed E-state index contributed by atoms with van der Waals surface area (Å²) in [4.78, 5) is 26.3. The molecular weight excluding hydrogens is 349 g/mol. The molecule has 2 atom stereocenters. The van der Waals surface area contributed by atoms with Gasteiger partial charge in [0, 0.05) is 13.1 Å². The van der Waals surface area contributed by atoms with Crippen LogP contribution >= 0.6 is 0 Å². The molecule has 2 amide bonds. The maximum Gasteiger partial charge on any atom is 0.407 e. The maximum atomic E-state index is 13.5. The fourth-order valence-corrected chi connectivity index (χ4v) is 3.10. The van der Waals surface area contributed by atoms with E-state index in [-0.39, 0.29) is 29.8 Å². The molecule has 1 aromatic rings. The van der Waals surface area contributed by atoms with Gasteiger partial charge in [0.15, 0.2) is 0 Å². The SMILES string of the molecule is CC(C)C1N[C@@H](CCNC(=O)OC(C)(C)C)C(=O)N1Cc1cccc(F)c1. The number of hydrogen-bond acceptors (Lipinski definition) is 4. The van der Waals surface area contributed by atoms with Crippen LogP contribution in [0.2, 0.25) is 0 Å². The highest BCUT2D eigenvalue weighted by molar-refractivity contribution is 5.84. The standard InChI is InChI=1S/C20H30FN3O3/c1-13(2)17-23-16(9-10-22-19(26)27-20(3,4)5)18(25)24(17)12-14-7-6-8-15(21)11-14/h6-8,11,13,16-17,23H,9-10,12H2,1-5H3,(H,22,26)/t16-,17?/m0/s1. The summed E-state index contributed by atoms with van der Waals surface area (Å²) in [5, 5.41) is 6.02. The van der Waals surface area contributed by atoms with Crippen LogP contribution < -0.4 is 10.6 Å². The van der Waals surface area contributed by atoms with Gasteiger partial charge in [-0.15, -0.1) is 0 Å². The van der Waals surface area contributed by atoms with E-state index in [9.17, 15) is 14.0 Å². The first-order valence-electron chi connectivity index (χ1n) is 9.34. The molecule has 0 saturated carbocycles. The van der Waals surface area contributed by atoms with Crippen LogP contribution in [0.5, 0.6) is 0 Å². The van der Waals surface area contributed by atoms with Crippen molar-refractivity contribution in [3.8, 4) is 0 Å². The summed E-state index contributed by atoms with van der Waals surface area (Å²) in [5.74, 6) is -0.151. The normalized spacial score (nSPS) is 20.3. The monoisotopic (exact) mass is 379 g/mol. The van der Waals surface area contributed by atoms with Gasteiger partial charge in [0.05, 0.1) is 12.2 Å². The largest absolute Gasteiger partial charge is 0.444 e. The lowest BCUT2D eigenvalue weighted by molar-refractivity contribution is -0.131. The predicted octanol–water partition coefficient (Wildman–Crippen LogP) is 3.02. The number of hydrogen-bond donors (Lipinski definition) is 2. The number of benzene rings is 1. The average molecular weight is 379 g/mol. The molecule has 1 unspecified atom stereocenters. The molecule has 0 spiro atoms. The first-order chi connectivity index (χ1) is 12.6. The van der Waals surface area contributed by atoms with Gasteiger partial charge in [-0.2, -0.15) is 0 Å². The smallest absolute Gasteiger partial charge is 0.407 e. The fraction of sp³-hybridized carbons (Fsp3) is 0.600. The molecule has 150 valence electrons. The molecule has 1 fully saturated rings. The number of ether oxygens (including phenoxy) is 1. The van der Waals surface area contributed by atoms with E-state index < -0.39 is 11.7 Å². The lowest BCUT2D eigenvalue weighted by atomic mass is 10.1. The van der Waals surface area contributed by atoms with E-state index in [1.165, 1.54) is 12.1 Å². The Hall–Kier alpha value is -2.15. The Bertz CT molecular complexity index is 673. The number of amides is 2. The Morgan fingerprint density at radius 1 is 1.37 bits per heavy atom. The molecule has 6 nitrogen and oxygen atoms in total. The van der Waals surface area contributed by atoms with Crippen LogP contribution in [-0.4, -0.2) is 41.3 Å². The number of carbonyl (C=O) groups is 2. The van der Waals surface area contributed by atoms with Crippen LogP contribution in [0.1, 0.15) is 46.6 Å². The first-order valence-corrected chi connectivity index (χ1v) is 9.34. The van der Waals surface area contributed by atoms with Gasteiger partial charge in [0.25, 0.3) is 0 Å². The zero-order chi connectivity index (χ0) is 20.2. The Morgan fingerprint density at radius 3 is 2.67 bits per heavy atom. The third-order valence-corrected chi connectivity index (χ3v) is 4.26. The van der Waals surface area contributed by atoms with Crippen LogP contribution in [0.4, 0.5) is 9.18 Å². The zero-order valence-electron chi connectivity index (χ0n) is 16.7. The third kappa shape index (κ3) is 6.20. The van der Waals surface area contributed by atoms with Gasteiger partial charge in [-0.3, -0.25) is 10.1 Å². The molecule has 2 N–H and O–H groups in total. The molecule has 1 aliphatic heterocycles. The third-order valence-electron chi connectivity index (χ3n) is 4.26. The van der Waals surface area contributed by atoms with Crippen molar-refractivity contribution in [1.82, 2.24) is 15.5 Å². The van der Waals surface area contributed by atoms with Gasteiger partial charge in [0.2, 0.25) is 5.91 Å². The topological polar surface area (TPSA) is 70.7 Å². The van der Waals surface area contributed by atoms with Gasteiger partial charge in [-0.1, -0.05) is 26.0 Å². The fourth-order valence-electron chi connectivity index (χ4n) is 3.10. The van der Waals surface area contributed by atoms with Gasteiger partial charge in [-0.25, -0.2) is 9.18 Å². The summed E-state index contributed by atoms with van der Waals surface area (Å²) in [6, 6.07) is 5.90. The van der Waals surface area contributed by atoms with Crippen molar-refractivity contribution in [2.45, 2.75) is 65.4 Å². The van der Waals surface area contributed by atoms with Gasteiger partial charge < -0.3 is 15.0 Å². The minimum atomic E-state index is -0.560. The molecule has 1 aliphatic rings.